The number of rotatable bonds is 5. The Labute approximate surface area is 180 Å². The van der Waals surface area contributed by atoms with Gasteiger partial charge in [-0.1, -0.05) is 6.07 Å². The van der Waals surface area contributed by atoms with E-state index in [0.717, 1.165) is 36.4 Å². The molecule has 1 aromatic carbocycles. The third kappa shape index (κ3) is 3.78. The number of aromatic amines is 1. The SMILES string of the molecule is O=C(Nc1c(F)cncc1F)c1n[nH]c2ccc(-c3cncc(NC(=O)C4CC4)c3)cc12. The van der Waals surface area contributed by atoms with Crippen LogP contribution in [0.3, 0.4) is 0 Å². The van der Waals surface area contributed by atoms with E-state index in [1.165, 1.54) is 0 Å². The van der Waals surface area contributed by atoms with Gasteiger partial charge in [0.2, 0.25) is 5.91 Å². The summed E-state index contributed by atoms with van der Waals surface area (Å²) >= 11 is 0. The number of carbonyl (C=O) groups excluding carboxylic acids is 2. The number of benzene rings is 1. The molecule has 3 N–H and O–H groups in total. The van der Waals surface area contributed by atoms with Gasteiger partial charge in [0.05, 0.1) is 29.8 Å². The van der Waals surface area contributed by atoms with Crippen LogP contribution in [0, 0.1) is 17.6 Å². The van der Waals surface area contributed by atoms with Crippen LogP contribution in [-0.4, -0.2) is 32.0 Å². The molecule has 0 saturated heterocycles. The lowest BCUT2D eigenvalue weighted by molar-refractivity contribution is -0.117. The van der Waals surface area contributed by atoms with Gasteiger partial charge in [-0.3, -0.25) is 24.7 Å². The first-order valence-electron chi connectivity index (χ1n) is 9.84. The van der Waals surface area contributed by atoms with E-state index in [0.29, 0.717) is 16.6 Å². The number of H-pyrrole nitrogens is 1. The molecule has 3 heterocycles. The standard InChI is InChI=1S/C22H16F2N6O2/c23-16-9-26-10-17(24)20(16)28-22(32)19-15-6-12(3-4-18(15)29-30-19)13-5-14(8-25-7-13)27-21(31)11-1-2-11/h3-11H,1-2H2,(H,27,31)(H,29,30)(H,26,28,32). The Morgan fingerprint density at radius 3 is 2.44 bits per heavy atom. The average Bonchev–Trinajstić information content (AvgIpc) is 3.55. The van der Waals surface area contributed by atoms with Crippen LogP contribution in [-0.2, 0) is 4.79 Å². The molecule has 0 bridgehead atoms. The maximum absolute atomic E-state index is 13.9. The van der Waals surface area contributed by atoms with E-state index in [1.54, 1.807) is 30.6 Å². The zero-order valence-corrected chi connectivity index (χ0v) is 16.5. The van der Waals surface area contributed by atoms with E-state index in [1.807, 2.05) is 6.07 Å². The summed E-state index contributed by atoms with van der Waals surface area (Å²) in [7, 11) is 0. The van der Waals surface area contributed by atoms with Crippen molar-refractivity contribution in [3.8, 4) is 11.1 Å². The summed E-state index contributed by atoms with van der Waals surface area (Å²) in [5.41, 5.74) is 1.97. The van der Waals surface area contributed by atoms with Gasteiger partial charge >= 0.3 is 0 Å². The fourth-order valence-electron chi connectivity index (χ4n) is 3.33. The Hall–Kier alpha value is -4.21. The lowest BCUT2D eigenvalue weighted by atomic mass is 10.0. The molecule has 8 nitrogen and oxygen atoms in total. The molecule has 32 heavy (non-hydrogen) atoms. The molecule has 3 aromatic heterocycles. The predicted molar refractivity (Wildman–Crippen MR) is 113 cm³/mol. The van der Waals surface area contributed by atoms with Gasteiger partial charge in [-0.05, 0) is 36.6 Å². The number of hydrogen-bond donors (Lipinski definition) is 3. The second-order valence-corrected chi connectivity index (χ2v) is 7.49. The molecule has 0 spiro atoms. The highest BCUT2D eigenvalue weighted by Gasteiger charge is 2.29. The normalized spacial score (nSPS) is 13.2. The van der Waals surface area contributed by atoms with Crippen LogP contribution >= 0.6 is 0 Å². The first kappa shape index (κ1) is 19.7. The van der Waals surface area contributed by atoms with E-state index in [9.17, 15) is 18.4 Å². The smallest absolute Gasteiger partial charge is 0.276 e. The molecule has 10 heteroatoms. The molecule has 0 aliphatic heterocycles. The average molecular weight is 434 g/mol. The Kier molecular flexibility index (Phi) is 4.81. The van der Waals surface area contributed by atoms with Crippen LogP contribution in [0.5, 0.6) is 0 Å². The second-order valence-electron chi connectivity index (χ2n) is 7.49. The molecule has 0 unspecified atom stereocenters. The predicted octanol–water partition coefficient (Wildman–Crippen LogP) is 3.90. The number of aromatic nitrogens is 4. The van der Waals surface area contributed by atoms with E-state index >= 15 is 0 Å². The van der Waals surface area contributed by atoms with Gasteiger partial charge in [-0.15, -0.1) is 0 Å². The summed E-state index contributed by atoms with van der Waals surface area (Å²) in [6.45, 7) is 0. The Bertz CT molecular complexity index is 1350. The van der Waals surface area contributed by atoms with Crippen molar-refractivity contribution in [2.75, 3.05) is 10.6 Å². The van der Waals surface area contributed by atoms with Crippen LogP contribution in [0.25, 0.3) is 22.0 Å². The van der Waals surface area contributed by atoms with Crippen LogP contribution in [0.15, 0.2) is 49.1 Å². The van der Waals surface area contributed by atoms with Gasteiger partial charge < -0.3 is 10.6 Å². The molecule has 1 fully saturated rings. The summed E-state index contributed by atoms with van der Waals surface area (Å²) in [6, 6.07) is 7.05. The minimum atomic E-state index is -0.991. The summed E-state index contributed by atoms with van der Waals surface area (Å²) < 4.78 is 27.7. The number of amides is 2. The maximum atomic E-state index is 13.9. The molecule has 4 aromatic rings. The second kappa shape index (κ2) is 7.80. The summed E-state index contributed by atoms with van der Waals surface area (Å²) in [5, 5.41) is 12.3. The van der Waals surface area contributed by atoms with E-state index in [-0.39, 0.29) is 17.5 Å². The molecule has 5 rings (SSSR count). The highest BCUT2D eigenvalue weighted by molar-refractivity contribution is 6.11. The van der Waals surface area contributed by atoms with Crippen molar-refractivity contribution in [3.63, 3.8) is 0 Å². The maximum Gasteiger partial charge on any atom is 0.276 e. The topological polar surface area (TPSA) is 113 Å². The summed E-state index contributed by atoms with van der Waals surface area (Å²) in [6.07, 6.45) is 6.61. The highest BCUT2D eigenvalue weighted by Crippen LogP contribution is 2.31. The molecule has 1 aliphatic carbocycles. The van der Waals surface area contributed by atoms with Gasteiger partial charge in [0.15, 0.2) is 17.3 Å². The number of pyridine rings is 2. The number of carbonyl (C=O) groups is 2. The molecule has 0 atom stereocenters. The van der Waals surface area contributed by atoms with Crippen LogP contribution < -0.4 is 10.6 Å². The van der Waals surface area contributed by atoms with Gasteiger partial charge in [-0.25, -0.2) is 8.78 Å². The van der Waals surface area contributed by atoms with Crippen molar-refractivity contribution in [2.45, 2.75) is 12.8 Å². The number of nitrogens with zero attached hydrogens (tertiary/aromatic N) is 3. The van der Waals surface area contributed by atoms with Crippen molar-refractivity contribution < 1.29 is 18.4 Å². The van der Waals surface area contributed by atoms with Crippen molar-refractivity contribution in [1.29, 1.82) is 0 Å². The minimum absolute atomic E-state index is 0.0243. The minimum Gasteiger partial charge on any atom is -0.324 e. The van der Waals surface area contributed by atoms with Crippen LogP contribution in [0.4, 0.5) is 20.2 Å². The number of fused-ring (bicyclic) bond motifs is 1. The fourth-order valence-corrected chi connectivity index (χ4v) is 3.33. The van der Waals surface area contributed by atoms with Gasteiger partial charge in [0.1, 0.15) is 5.69 Å². The number of nitrogens with one attached hydrogen (secondary N) is 3. The largest absolute Gasteiger partial charge is 0.324 e. The molecule has 1 saturated carbocycles. The summed E-state index contributed by atoms with van der Waals surface area (Å²) in [5.74, 6) is -2.72. The molecule has 160 valence electrons. The van der Waals surface area contributed by atoms with E-state index in [2.05, 4.69) is 30.8 Å². The molecular weight excluding hydrogens is 418 g/mol. The highest BCUT2D eigenvalue weighted by atomic mass is 19.1. The fraction of sp³-hybridized carbons (Fsp3) is 0.136. The van der Waals surface area contributed by atoms with E-state index in [4.69, 9.17) is 0 Å². The first-order chi connectivity index (χ1) is 15.5. The molecular formula is C22H16F2N6O2. The van der Waals surface area contributed by atoms with Crippen molar-refractivity contribution in [1.82, 2.24) is 20.2 Å². The van der Waals surface area contributed by atoms with Crippen molar-refractivity contribution in [2.24, 2.45) is 5.92 Å². The molecule has 2 amide bonds. The number of halogens is 2. The number of anilines is 2. The Morgan fingerprint density at radius 1 is 0.938 bits per heavy atom. The Morgan fingerprint density at radius 2 is 1.69 bits per heavy atom. The number of hydrogen-bond acceptors (Lipinski definition) is 5. The summed E-state index contributed by atoms with van der Waals surface area (Å²) in [4.78, 5) is 32.3. The lowest BCUT2D eigenvalue weighted by Gasteiger charge is -2.08. The van der Waals surface area contributed by atoms with Gasteiger partial charge in [0.25, 0.3) is 5.91 Å². The molecule has 0 radical (unpaired) electrons. The molecule has 1 aliphatic rings. The third-order valence-corrected chi connectivity index (χ3v) is 5.16. The van der Waals surface area contributed by atoms with Crippen molar-refractivity contribution in [3.05, 3.63) is 66.4 Å². The lowest BCUT2D eigenvalue weighted by Crippen LogP contribution is -2.15. The van der Waals surface area contributed by atoms with Gasteiger partial charge in [0, 0.05) is 23.1 Å². The van der Waals surface area contributed by atoms with Crippen LogP contribution in [0.2, 0.25) is 0 Å². The Balaban J connectivity index is 1.45. The monoisotopic (exact) mass is 434 g/mol. The quantitative estimate of drug-likeness (QED) is 0.441. The van der Waals surface area contributed by atoms with Crippen molar-refractivity contribution >= 4 is 34.1 Å². The zero-order valence-electron chi connectivity index (χ0n) is 16.5. The van der Waals surface area contributed by atoms with E-state index < -0.39 is 23.2 Å². The first-order valence-corrected chi connectivity index (χ1v) is 9.84. The third-order valence-electron chi connectivity index (χ3n) is 5.16. The van der Waals surface area contributed by atoms with Gasteiger partial charge in [-0.2, -0.15) is 5.10 Å². The zero-order chi connectivity index (χ0) is 22.2. The van der Waals surface area contributed by atoms with Crippen LogP contribution in [0.1, 0.15) is 23.3 Å².